The molecule has 1 heterocycles. The first kappa shape index (κ1) is 19.4. The number of hydrogen-bond acceptors (Lipinski definition) is 4. The van der Waals surface area contributed by atoms with Crippen LogP contribution in [0, 0.1) is 0 Å². The molecule has 2 aromatic carbocycles. The van der Waals surface area contributed by atoms with Crippen molar-refractivity contribution in [1.29, 1.82) is 0 Å². The fourth-order valence-corrected chi connectivity index (χ4v) is 3.07. The van der Waals surface area contributed by atoms with Crippen molar-refractivity contribution < 1.29 is 13.8 Å². The van der Waals surface area contributed by atoms with Gasteiger partial charge >= 0.3 is 0 Å². The standard InChI is InChI=1S/C21H19N3O3S/c1-28(27)19-7-5-16(6-8-19)20(25)23-14-15-3-2-4-18(13-15)24-21(26)17-9-11-22-12-10-17/h2-13H,14H2,1H3,(H,23,25)(H,24,26)/t28-/m1/s1. The molecule has 0 aliphatic carbocycles. The summed E-state index contributed by atoms with van der Waals surface area (Å²) in [4.78, 5) is 29.1. The van der Waals surface area contributed by atoms with E-state index in [-0.39, 0.29) is 11.8 Å². The first-order chi connectivity index (χ1) is 13.5. The van der Waals surface area contributed by atoms with Crippen LogP contribution in [0.3, 0.4) is 0 Å². The van der Waals surface area contributed by atoms with Gasteiger partial charge < -0.3 is 10.6 Å². The predicted molar refractivity (Wildman–Crippen MR) is 109 cm³/mol. The molecule has 1 atom stereocenters. The van der Waals surface area contributed by atoms with Crippen LogP contribution in [-0.4, -0.2) is 27.3 Å². The van der Waals surface area contributed by atoms with Crippen LogP contribution in [0.5, 0.6) is 0 Å². The summed E-state index contributed by atoms with van der Waals surface area (Å²) in [6.07, 6.45) is 4.71. The summed E-state index contributed by atoms with van der Waals surface area (Å²) in [6.45, 7) is 0.319. The van der Waals surface area contributed by atoms with Gasteiger partial charge in [0.05, 0.1) is 0 Å². The lowest BCUT2D eigenvalue weighted by Crippen LogP contribution is -2.22. The third kappa shape index (κ3) is 5.11. The third-order valence-corrected chi connectivity index (χ3v) is 4.96. The summed E-state index contributed by atoms with van der Waals surface area (Å²) >= 11 is 0. The van der Waals surface area contributed by atoms with Crippen molar-refractivity contribution in [2.75, 3.05) is 11.6 Å². The lowest BCUT2D eigenvalue weighted by Gasteiger charge is -2.09. The molecule has 0 bridgehead atoms. The molecule has 0 aliphatic heterocycles. The number of anilines is 1. The Morgan fingerprint density at radius 1 is 0.929 bits per heavy atom. The molecule has 0 aliphatic rings. The second-order valence-electron chi connectivity index (χ2n) is 6.05. The predicted octanol–water partition coefficient (Wildman–Crippen LogP) is 3.00. The van der Waals surface area contributed by atoms with Crippen molar-refractivity contribution in [3.05, 3.63) is 89.7 Å². The van der Waals surface area contributed by atoms with Gasteiger partial charge in [-0.25, -0.2) is 0 Å². The number of nitrogens with one attached hydrogen (secondary N) is 2. The van der Waals surface area contributed by atoms with Crippen LogP contribution >= 0.6 is 0 Å². The van der Waals surface area contributed by atoms with Gasteiger partial charge in [0.25, 0.3) is 11.8 Å². The highest BCUT2D eigenvalue weighted by molar-refractivity contribution is 7.84. The number of benzene rings is 2. The van der Waals surface area contributed by atoms with E-state index in [2.05, 4.69) is 15.6 Å². The van der Waals surface area contributed by atoms with Crippen molar-refractivity contribution >= 4 is 28.3 Å². The highest BCUT2D eigenvalue weighted by Gasteiger charge is 2.08. The number of amides is 2. The number of hydrogen-bond donors (Lipinski definition) is 2. The lowest BCUT2D eigenvalue weighted by molar-refractivity contribution is 0.0950. The molecule has 7 heteroatoms. The molecule has 1 aromatic heterocycles. The van der Waals surface area contributed by atoms with Gasteiger partial charge in [0.15, 0.2) is 0 Å². The van der Waals surface area contributed by atoms with Crippen LogP contribution in [0.2, 0.25) is 0 Å². The minimum Gasteiger partial charge on any atom is -0.348 e. The molecule has 6 nitrogen and oxygen atoms in total. The zero-order valence-electron chi connectivity index (χ0n) is 15.2. The summed E-state index contributed by atoms with van der Waals surface area (Å²) < 4.78 is 11.4. The molecule has 28 heavy (non-hydrogen) atoms. The summed E-state index contributed by atoms with van der Waals surface area (Å²) in [5.74, 6) is -0.448. The van der Waals surface area contributed by atoms with Crippen molar-refractivity contribution in [3.8, 4) is 0 Å². The molecule has 3 aromatic rings. The Morgan fingerprint density at radius 3 is 2.29 bits per heavy atom. The molecule has 0 spiro atoms. The summed E-state index contributed by atoms with van der Waals surface area (Å²) in [7, 11) is -1.08. The number of nitrogens with zero attached hydrogens (tertiary/aromatic N) is 1. The average Bonchev–Trinajstić information content (AvgIpc) is 2.73. The van der Waals surface area contributed by atoms with E-state index in [1.807, 2.05) is 18.2 Å². The van der Waals surface area contributed by atoms with Crippen molar-refractivity contribution in [1.82, 2.24) is 10.3 Å². The highest BCUT2D eigenvalue weighted by Crippen LogP contribution is 2.13. The molecule has 0 saturated heterocycles. The van der Waals surface area contributed by atoms with Gasteiger partial charge in [-0.1, -0.05) is 12.1 Å². The zero-order valence-corrected chi connectivity index (χ0v) is 16.0. The number of aromatic nitrogens is 1. The van der Waals surface area contributed by atoms with E-state index in [1.54, 1.807) is 61.1 Å². The van der Waals surface area contributed by atoms with Gasteiger partial charge in [-0.2, -0.15) is 0 Å². The number of carbonyl (C=O) groups is 2. The molecule has 3 rings (SSSR count). The van der Waals surface area contributed by atoms with Gasteiger partial charge in [0.1, 0.15) is 0 Å². The van der Waals surface area contributed by atoms with Gasteiger partial charge in [-0.3, -0.25) is 18.8 Å². The minimum absolute atomic E-state index is 0.223. The second-order valence-corrected chi connectivity index (χ2v) is 7.43. The van der Waals surface area contributed by atoms with Gasteiger partial charge in [0.2, 0.25) is 0 Å². The van der Waals surface area contributed by atoms with E-state index in [9.17, 15) is 13.8 Å². The van der Waals surface area contributed by atoms with E-state index >= 15 is 0 Å². The molecular formula is C21H19N3O3S. The highest BCUT2D eigenvalue weighted by atomic mass is 32.2. The second kappa shape index (κ2) is 9.05. The summed E-state index contributed by atoms with van der Waals surface area (Å²) in [5.41, 5.74) is 2.51. The third-order valence-electron chi connectivity index (χ3n) is 4.03. The zero-order chi connectivity index (χ0) is 19.9. The van der Waals surface area contributed by atoms with E-state index < -0.39 is 10.8 Å². The molecular weight excluding hydrogens is 374 g/mol. The maximum Gasteiger partial charge on any atom is 0.255 e. The Bertz CT molecular complexity index is 1000. The van der Waals surface area contributed by atoms with Crippen LogP contribution in [0.4, 0.5) is 5.69 Å². The normalized spacial score (nSPS) is 11.5. The maximum atomic E-state index is 12.3. The van der Waals surface area contributed by atoms with Gasteiger partial charge in [-0.15, -0.1) is 0 Å². The topological polar surface area (TPSA) is 88.2 Å². The lowest BCUT2D eigenvalue weighted by atomic mass is 10.1. The van der Waals surface area contributed by atoms with Crippen molar-refractivity contribution in [3.63, 3.8) is 0 Å². The SMILES string of the molecule is C[S@@](=O)c1ccc(C(=O)NCc2cccc(NC(=O)c3ccncc3)c2)cc1. The first-order valence-electron chi connectivity index (χ1n) is 8.55. The Labute approximate surface area is 165 Å². The fourth-order valence-electron chi connectivity index (χ4n) is 2.55. The molecule has 0 unspecified atom stereocenters. The van der Waals surface area contributed by atoms with Gasteiger partial charge in [-0.05, 0) is 54.1 Å². The first-order valence-corrected chi connectivity index (χ1v) is 10.1. The number of rotatable bonds is 6. The van der Waals surface area contributed by atoms with Crippen LogP contribution in [0.1, 0.15) is 26.3 Å². The largest absolute Gasteiger partial charge is 0.348 e. The minimum atomic E-state index is -1.08. The molecule has 2 N–H and O–H groups in total. The molecule has 0 saturated carbocycles. The quantitative estimate of drug-likeness (QED) is 0.674. The fraction of sp³-hybridized carbons (Fsp3) is 0.0952. The van der Waals surface area contributed by atoms with E-state index in [4.69, 9.17) is 0 Å². The number of carbonyl (C=O) groups excluding carboxylic acids is 2. The van der Waals surface area contributed by atoms with Crippen LogP contribution in [0.25, 0.3) is 0 Å². The van der Waals surface area contributed by atoms with Crippen LogP contribution < -0.4 is 10.6 Å². The smallest absolute Gasteiger partial charge is 0.255 e. The van der Waals surface area contributed by atoms with E-state index in [0.29, 0.717) is 28.3 Å². The Hall–Kier alpha value is -3.32. The van der Waals surface area contributed by atoms with E-state index in [0.717, 1.165) is 5.56 Å². The van der Waals surface area contributed by atoms with E-state index in [1.165, 1.54) is 0 Å². The van der Waals surface area contributed by atoms with Crippen LogP contribution in [-0.2, 0) is 17.3 Å². The molecule has 0 radical (unpaired) electrons. The Balaban J connectivity index is 1.60. The van der Waals surface area contributed by atoms with Crippen molar-refractivity contribution in [2.24, 2.45) is 0 Å². The monoisotopic (exact) mass is 393 g/mol. The van der Waals surface area contributed by atoms with Crippen molar-refractivity contribution in [2.45, 2.75) is 11.4 Å². The molecule has 2 amide bonds. The molecule has 0 fully saturated rings. The maximum absolute atomic E-state index is 12.3. The average molecular weight is 393 g/mol. The Kier molecular flexibility index (Phi) is 6.29. The summed E-state index contributed by atoms with van der Waals surface area (Å²) in [6, 6.07) is 17.2. The van der Waals surface area contributed by atoms with Crippen LogP contribution in [0.15, 0.2) is 78.0 Å². The summed E-state index contributed by atoms with van der Waals surface area (Å²) in [5, 5.41) is 5.67. The Morgan fingerprint density at radius 2 is 1.61 bits per heavy atom. The van der Waals surface area contributed by atoms with Gasteiger partial charge in [0, 0.05) is 57.7 Å². The molecule has 142 valence electrons. The number of pyridine rings is 1.